The molecule has 0 atom stereocenters. The highest BCUT2D eigenvalue weighted by atomic mass is 19.1. The molecule has 1 aliphatic rings. The van der Waals surface area contributed by atoms with Gasteiger partial charge in [0.15, 0.2) is 5.82 Å². The van der Waals surface area contributed by atoms with Crippen LogP contribution in [-0.4, -0.2) is 55.8 Å². The quantitative estimate of drug-likeness (QED) is 0.699. The minimum absolute atomic E-state index is 0.0665. The number of aryl methyl sites for hydroxylation is 1. The first-order valence-corrected chi connectivity index (χ1v) is 8.70. The van der Waals surface area contributed by atoms with Gasteiger partial charge >= 0.3 is 0 Å². The molecule has 7 nitrogen and oxygen atoms in total. The average Bonchev–Trinajstić information content (AvgIpc) is 3.12. The summed E-state index contributed by atoms with van der Waals surface area (Å²) < 4.78 is 29.3. The van der Waals surface area contributed by atoms with Gasteiger partial charge in [-0.25, -0.2) is 23.4 Å². The number of nitrogens with zero attached hydrogens (tertiary/aromatic N) is 7. The maximum absolute atomic E-state index is 13.8. The second kappa shape index (κ2) is 7.36. The van der Waals surface area contributed by atoms with Crippen LogP contribution in [0.1, 0.15) is 11.3 Å². The second-order valence-electron chi connectivity index (χ2n) is 6.48. The summed E-state index contributed by atoms with van der Waals surface area (Å²) in [6.45, 7) is 4.94. The van der Waals surface area contributed by atoms with Crippen LogP contribution in [-0.2, 0) is 6.54 Å². The fourth-order valence-electron chi connectivity index (χ4n) is 3.13. The monoisotopic (exact) mass is 371 g/mol. The van der Waals surface area contributed by atoms with Crippen molar-refractivity contribution >= 4 is 5.82 Å². The van der Waals surface area contributed by atoms with Crippen LogP contribution in [0.4, 0.5) is 14.6 Å². The maximum atomic E-state index is 13.8. The normalized spacial score (nSPS) is 15.3. The molecule has 9 heteroatoms. The predicted molar refractivity (Wildman–Crippen MR) is 95.5 cm³/mol. The van der Waals surface area contributed by atoms with Crippen LogP contribution in [0.3, 0.4) is 0 Å². The Hall–Kier alpha value is -2.94. The van der Waals surface area contributed by atoms with Crippen molar-refractivity contribution in [1.29, 1.82) is 0 Å². The zero-order chi connectivity index (χ0) is 18.8. The van der Waals surface area contributed by atoms with Crippen molar-refractivity contribution < 1.29 is 8.78 Å². The molecule has 0 amide bonds. The Morgan fingerprint density at radius 2 is 1.70 bits per heavy atom. The van der Waals surface area contributed by atoms with E-state index < -0.39 is 11.6 Å². The number of pyridine rings is 1. The summed E-state index contributed by atoms with van der Waals surface area (Å²) in [7, 11) is 0. The number of piperazine rings is 1. The molecule has 0 N–H and O–H groups in total. The largest absolute Gasteiger partial charge is 0.354 e. The molecule has 3 aromatic rings. The van der Waals surface area contributed by atoms with E-state index in [9.17, 15) is 8.78 Å². The first-order chi connectivity index (χ1) is 13.1. The molecule has 0 saturated carbocycles. The zero-order valence-corrected chi connectivity index (χ0v) is 14.9. The summed E-state index contributed by atoms with van der Waals surface area (Å²) in [6, 6.07) is 3.81. The van der Waals surface area contributed by atoms with E-state index in [1.807, 2.05) is 30.2 Å². The highest BCUT2D eigenvalue weighted by Gasteiger charge is 2.21. The van der Waals surface area contributed by atoms with Gasteiger partial charge in [-0.1, -0.05) is 0 Å². The lowest BCUT2D eigenvalue weighted by molar-refractivity contribution is 0.242. The second-order valence-corrected chi connectivity index (χ2v) is 6.48. The van der Waals surface area contributed by atoms with Crippen LogP contribution < -0.4 is 4.90 Å². The van der Waals surface area contributed by atoms with Crippen molar-refractivity contribution in [3.8, 4) is 5.82 Å². The van der Waals surface area contributed by atoms with E-state index in [4.69, 9.17) is 0 Å². The third-order valence-electron chi connectivity index (χ3n) is 4.63. The van der Waals surface area contributed by atoms with Gasteiger partial charge < -0.3 is 4.90 Å². The van der Waals surface area contributed by atoms with E-state index in [-0.39, 0.29) is 12.1 Å². The molecule has 0 bridgehead atoms. The Kier molecular flexibility index (Phi) is 4.76. The number of hydrogen-bond donors (Lipinski definition) is 0. The standard InChI is InChI=1S/C18H19F2N7/c1-13-2-3-27(24-13)18-8-17(22-12-23-18)26-6-4-25(5-7-26)11-14-15(19)9-21-10-16(14)20/h2-3,8-10,12H,4-7,11H2,1H3. The number of hydrogen-bond acceptors (Lipinski definition) is 6. The van der Waals surface area contributed by atoms with Crippen LogP contribution in [0, 0.1) is 18.6 Å². The van der Waals surface area contributed by atoms with Crippen LogP contribution in [0.25, 0.3) is 5.82 Å². The third kappa shape index (κ3) is 3.77. The predicted octanol–water partition coefficient (Wildman–Crippen LogP) is 1.97. The minimum atomic E-state index is -0.604. The molecule has 0 unspecified atom stereocenters. The van der Waals surface area contributed by atoms with Crippen molar-refractivity contribution in [1.82, 2.24) is 29.6 Å². The van der Waals surface area contributed by atoms with E-state index in [2.05, 4.69) is 25.0 Å². The molecule has 0 radical (unpaired) electrons. The number of anilines is 1. The molecular formula is C18H19F2N7. The Bertz CT molecular complexity index is 915. The molecule has 1 aliphatic heterocycles. The van der Waals surface area contributed by atoms with E-state index in [0.29, 0.717) is 32.0 Å². The highest BCUT2D eigenvalue weighted by Crippen LogP contribution is 2.18. The molecule has 1 saturated heterocycles. The number of aromatic nitrogens is 5. The molecule has 0 spiro atoms. The van der Waals surface area contributed by atoms with Crippen LogP contribution in [0.15, 0.2) is 37.1 Å². The summed E-state index contributed by atoms with van der Waals surface area (Å²) in [5.74, 6) is 0.310. The smallest absolute Gasteiger partial charge is 0.158 e. The van der Waals surface area contributed by atoms with E-state index >= 15 is 0 Å². The molecule has 140 valence electrons. The van der Waals surface area contributed by atoms with Gasteiger partial charge in [0.25, 0.3) is 0 Å². The molecule has 27 heavy (non-hydrogen) atoms. The SMILES string of the molecule is Cc1ccn(-c2cc(N3CCN(Cc4c(F)cncc4F)CC3)ncn2)n1. The van der Waals surface area contributed by atoms with E-state index in [1.165, 1.54) is 6.33 Å². The first-order valence-electron chi connectivity index (χ1n) is 8.70. The van der Waals surface area contributed by atoms with Gasteiger partial charge in [-0.3, -0.25) is 9.88 Å². The Balaban J connectivity index is 1.42. The van der Waals surface area contributed by atoms with Crippen molar-refractivity contribution in [3.63, 3.8) is 0 Å². The zero-order valence-electron chi connectivity index (χ0n) is 14.9. The molecular weight excluding hydrogens is 352 g/mol. The fourth-order valence-corrected chi connectivity index (χ4v) is 3.13. The van der Waals surface area contributed by atoms with Crippen molar-refractivity contribution in [2.24, 2.45) is 0 Å². The molecule has 0 aliphatic carbocycles. The van der Waals surface area contributed by atoms with Gasteiger partial charge in [-0.15, -0.1) is 0 Å². The molecule has 3 aromatic heterocycles. The molecule has 4 rings (SSSR count). The third-order valence-corrected chi connectivity index (χ3v) is 4.63. The highest BCUT2D eigenvalue weighted by molar-refractivity contribution is 5.43. The maximum Gasteiger partial charge on any atom is 0.158 e. The van der Waals surface area contributed by atoms with Crippen molar-refractivity contribution in [3.05, 3.63) is 59.9 Å². The number of rotatable bonds is 4. The first kappa shape index (κ1) is 17.5. The lowest BCUT2D eigenvalue weighted by Crippen LogP contribution is -2.46. The van der Waals surface area contributed by atoms with Gasteiger partial charge in [0, 0.05) is 50.6 Å². The minimum Gasteiger partial charge on any atom is -0.354 e. The lowest BCUT2D eigenvalue weighted by atomic mass is 10.2. The summed E-state index contributed by atoms with van der Waals surface area (Å²) in [5, 5.41) is 4.37. The fraction of sp³-hybridized carbons (Fsp3) is 0.333. The summed E-state index contributed by atoms with van der Waals surface area (Å²) in [6.07, 6.45) is 5.48. The Labute approximate surface area is 155 Å². The van der Waals surface area contributed by atoms with E-state index in [0.717, 1.165) is 23.9 Å². The van der Waals surface area contributed by atoms with Gasteiger partial charge in [0.05, 0.1) is 18.1 Å². The van der Waals surface area contributed by atoms with Crippen LogP contribution >= 0.6 is 0 Å². The van der Waals surface area contributed by atoms with Gasteiger partial charge in [-0.2, -0.15) is 5.10 Å². The summed E-state index contributed by atoms with van der Waals surface area (Å²) in [4.78, 5) is 16.3. The molecule has 1 fully saturated rings. The Morgan fingerprint density at radius 3 is 2.37 bits per heavy atom. The number of halogens is 2. The van der Waals surface area contributed by atoms with Gasteiger partial charge in [0.2, 0.25) is 0 Å². The average molecular weight is 371 g/mol. The molecule has 4 heterocycles. The summed E-state index contributed by atoms with van der Waals surface area (Å²) in [5.41, 5.74) is 0.983. The topological polar surface area (TPSA) is 63.0 Å². The lowest BCUT2D eigenvalue weighted by Gasteiger charge is -2.35. The van der Waals surface area contributed by atoms with Crippen molar-refractivity contribution in [2.45, 2.75) is 13.5 Å². The summed E-state index contributed by atoms with van der Waals surface area (Å²) >= 11 is 0. The molecule has 0 aromatic carbocycles. The van der Waals surface area contributed by atoms with Crippen LogP contribution in [0.2, 0.25) is 0 Å². The van der Waals surface area contributed by atoms with E-state index in [1.54, 1.807) is 4.68 Å². The Morgan fingerprint density at radius 1 is 1.00 bits per heavy atom. The van der Waals surface area contributed by atoms with Gasteiger partial charge in [-0.05, 0) is 13.0 Å². The van der Waals surface area contributed by atoms with Gasteiger partial charge in [0.1, 0.15) is 23.8 Å². The van der Waals surface area contributed by atoms with Crippen molar-refractivity contribution in [2.75, 3.05) is 31.1 Å². The van der Waals surface area contributed by atoms with Crippen LogP contribution in [0.5, 0.6) is 0 Å².